The van der Waals surface area contributed by atoms with E-state index in [4.69, 9.17) is 11.6 Å². The van der Waals surface area contributed by atoms with Crippen molar-refractivity contribution in [2.24, 2.45) is 0 Å². The SMILES string of the molecule is CN(CCCCCl)CC(F)F. The Kier molecular flexibility index (Phi) is 6.87. The van der Waals surface area contributed by atoms with E-state index in [-0.39, 0.29) is 6.54 Å². The monoisotopic (exact) mass is 185 g/mol. The van der Waals surface area contributed by atoms with Gasteiger partial charge in [-0.05, 0) is 26.4 Å². The van der Waals surface area contributed by atoms with Crippen molar-refractivity contribution in [2.45, 2.75) is 19.3 Å². The lowest BCUT2D eigenvalue weighted by atomic mass is 10.3. The van der Waals surface area contributed by atoms with E-state index in [1.807, 2.05) is 0 Å². The zero-order valence-electron chi connectivity index (χ0n) is 6.69. The lowest BCUT2D eigenvalue weighted by molar-refractivity contribution is 0.0998. The average Bonchev–Trinajstić information content (AvgIpc) is 1.86. The second kappa shape index (κ2) is 6.80. The van der Waals surface area contributed by atoms with E-state index in [2.05, 4.69) is 0 Å². The molecule has 0 bridgehead atoms. The quantitative estimate of drug-likeness (QED) is 0.453. The minimum Gasteiger partial charge on any atom is -0.301 e. The van der Waals surface area contributed by atoms with Crippen LogP contribution >= 0.6 is 11.6 Å². The molecule has 0 atom stereocenters. The predicted molar refractivity (Wildman–Crippen MR) is 43.5 cm³/mol. The highest BCUT2D eigenvalue weighted by Crippen LogP contribution is 1.98. The van der Waals surface area contributed by atoms with Gasteiger partial charge in [0.15, 0.2) is 0 Å². The molecule has 0 amide bonds. The fourth-order valence-corrected chi connectivity index (χ4v) is 0.992. The zero-order chi connectivity index (χ0) is 8.69. The van der Waals surface area contributed by atoms with E-state index in [1.54, 1.807) is 11.9 Å². The Morgan fingerprint density at radius 1 is 1.36 bits per heavy atom. The molecule has 0 aliphatic rings. The predicted octanol–water partition coefficient (Wildman–Crippen LogP) is 2.20. The number of rotatable bonds is 6. The molecule has 0 aromatic rings. The van der Waals surface area contributed by atoms with Crippen molar-refractivity contribution in [3.8, 4) is 0 Å². The Labute approximate surface area is 71.3 Å². The van der Waals surface area contributed by atoms with Crippen molar-refractivity contribution < 1.29 is 8.78 Å². The van der Waals surface area contributed by atoms with Gasteiger partial charge in [-0.15, -0.1) is 11.6 Å². The molecule has 4 heteroatoms. The summed E-state index contributed by atoms with van der Waals surface area (Å²) in [7, 11) is 1.69. The second-order valence-electron chi connectivity index (χ2n) is 2.55. The first kappa shape index (κ1) is 11.1. The number of unbranched alkanes of at least 4 members (excludes halogenated alkanes) is 1. The minimum absolute atomic E-state index is 0.137. The van der Waals surface area contributed by atoms with Crippen LogP contribution in [0.3, 0.4) is 0 Å². The molecule has 0 aliphatic carbocycles. The van der Waals surface area contributed by atoms with Gasteiger partial charge < -0.3 is 4.90 Å². The fraction of sp³-hybridized carbons (Fsp3) is 1.00. The van der Waals surface area contributed by atoms with Crippen LogP contribution in [0.4, 0.5) is 8.78 Å². The molecule has 11 heavy (non-hydrogen) atoms. The van der Waals surface area contributed by atoms with E-state index in [0.29, 0.717) is 12.4 Å². The molecular formula is C7H14ClF2N. The van der Waals surface area contributed by atoms with Crippen LogP contribution in [0.25, 0.3) is 0 Å². The van der Waals surface area contributed by atoms with Gasteiger partial charge in [0.25, 0.3) is 6.43 Å². The molecule has 0 heterocycles. The first-order chi connectivity index (χ1) is 5.16. The number of nitrogens with zero attached hydrogens (tertiary/aromatic N) is 1. The van der Waals surface area contributed by atoms with Crippen LogP contribution in [-0.4, -0.2) is 37.3 Å². The third kappa shape index (κ3) is 8.01. The normalized spacial score (nSPS) is 11.5. The average molecular weight is 186 g/mol. The third-order valence-corrected chi connectivity index (χ3v) is 1.64. The highest BCUT2D eigenvalue weighted by atomic mass is 35.5. The van der Waals surface area contributed by atoms with Crippen LogP contribution in [0, 0.1) is 0 Å². The molecule has 0 rings (SSSR count). The van der Waals surface area contributed by atoms with Crippen molar-refractivity contribution in [3.05, 3.63) is 0 Å². The van der Waals surface area contributed by atoms with Crippen LogP contribution in [0.2, 0.25) is 0 Å². The summed E-state index contributed by atoms with van der Waals surface area (Å²) in [5.74, 6) is 0.614. The van der Waals surface area contributed by atoms with Crippen molar-refractivity contribution in [2.75, 3.05) is 26.0 Å². The summed E-state index contributed by atoms with van der Waals surface area (Å²) in [4.78, 5) is 1.62. The van der Waals surface area contributed by atoms with Gasteiger partial charge in [-0.2, -0.15) is 0 Å². The van der Waals surface area contributed by atoms with Crippen molar-refractivity contribution in [1.29, 1.82) is 0 Å². The summed E-state index contributed by atoms with van der Waals surface area (Å²) in [5.41, 5.74) is 0. The largest absolute Gasteiger partial charge is 0.301 e. The molecule has 0 saturated carbocycles. The van der Waals surface area contributed by atoms with Crippen LogP contribution < -0.4 is 0 Å². The highest BCUT2D eigenvalue weighted by Gasteiger charge is 2.05. The molecular weight excluding hydrogens is 172 g/mol. The van der Waals surface area contributed by atoms with Crippen molar-refractivity contribution in [3.63, 3.8) is 0 Å². The van der Waals surface area contributed by atoms with Gasteiger partial charge in [0, 0.05) is 5.88 Å². The minimum atomic E-state index is -2.23. The molecule has 0 aliphatic heterocycles. The van der Waals surface area contributed by atoms with Crippen LogP contribution in [0.1, 0.15) is 12.8 Å². The molecule has 0 fully saturated rings. The molecule has 0 aromatic heterocycles. The molecule has 0 unspecified atom stereocenters. The third-order valence-electron chi connectivity index (χ3n) is 1.37. The Morgan fingerprint density at radius 2 is 2.00 bits per heavy atom. The van der Waals surface area contributed by atoms with Gasteiger partial charge in [0.2, 0.25) is 0 Å². The molecule has 1 nitrogen and oxygen atoms in total. The standard InChI is InChI=1S/C7H14ClF2N/c1-11(6-7(9)10)5-3-2-4-8/h7H,2-6H2,1H3. The molecule has 0 N–H and O–H groups in total. The Bertz CT molecular complexity index is 90.5. The number of hydrogen-bond acceptors (Lipinski definition) is 1. The lowest BCUT2D eigenvalue weighted by Gasteiger charge is -2.14. The zero-order valence-corrected chi connectivity index (χ0v) is 7.45. The topological polar surface area (TPSA) is 3.24 Å². The maximum Gasteiger partial charge on any atom is 0.251 e. The van der Waals surface area contributed by atoms with Crippen molar-refractivity contribution in [1.82, 2.24) is 4.90 Å². The highest BCUT2D eigenvalue weighted by molar-refractivity contribution is 6.17. The summed E-state index contributed by atoms with van der Waals surface area (Å²) in [5, 5.41) is 0. The number of alkyl halides is 3. The Morgan fingerprint density at radius 3 is 2.45 bits per heavy atom. The van der Waals surface area contributed by atoms with E-state index in [0.717, 1.165) is 12.8 Å². The second-order valence-corrected chi connectivity index (χ2v) is 2.93. The van der Waals surface area contributed by atoms with Gasteiger partial charge >= 0.3 is 0 Å². The molecule has 0 saturated heterocycles. The Hall–Kier alpha value is 0.110. The summed E-state index contributed by atoms with van der Waals surface area (Å²) >= 11 is 5.42. The van der Waals surface area contributed by atoms with Crippen LogP contribution in [0.5, 0.6) is 0 Å². The smallest absolute Gasteiger partial charge is 0.251 e. The van der Waals surface area contributed by atoms with Gasteiger partial charge in [0.1, 0.15) is 0 Å². The van der Waals surface area contributed by atoms with Gasteiger partial charge in [0.05, 0.1) is 6.54 Å². The first-order valence-corrected chi connectivity index (χ1v) is 4.23. The first-order valence-electron chi connectivity index (χ1n) is 3.69. The van der Waals surface area contributed by atoms with Crippen molar-refractivity contribution >= 4 is 11.6 Å². The molecule has 0 radical (unpaired) electrons. The van der Waals surface area contributed by atoms with E-state index in [9.17, 15) is 8.78 Å². The summed E-state index contributed by atoms with van der Waals surface area (Å²) in [6.45, 7) is 0.569. The van der Waals surface area contributed by atoms with Crippen LogP contribution in [0.15, 0.2) is 0 Å². The molecule has 0 aromatic carbocycles. The van der Waals surface area contributed by atoms with E-state index < -0.39 is 6.43 Å². The van der Waals surface area contributed by atoms with Gasteiger partial charge in [-0.25, -0.2) is 8.78 Å². The van der Waals surface area contributed by atoms with E-state index in [1.165, 1.54) is 0 Å². The van der Waals surface area contributed by atoms with Gasteiger partial charge in [-0.3, -0.25) is 0 Å². The molecule has 0 spiro atoms. The maximum absolute atomic E-state index is 11.7. The fourth-order valence-electron chi connectivity index (χ4n) is 0.803. The summed E-state index contributed by atoms with van der Waals surface area (Å²) in [6.07, 6.45) is -0.432. The summed E-state index contributed by atoms with van der Waals surface area (Å²) in [6, 6.07) is 0. The summed E-state index contributed by atoms with van der Waals surface area (Å²) < 4.78 is 23.5. The van der Waals surface area contributed by atoms with Crippen LogP contribution in [-0.2, 0) is 0 Å². The number of halogens is 3. The van der Waals surface area contributed by atoms with E-state index >= 15 is 0 Å². The van der Waals surface area contributed by atoms with Gasteiger partial charge in [-0.1, -0.05) is 0 Å². The number of hydrogen-bond donors (Lipinski definition) is 0. The maximum atomic E-state index is 11.7. The lowest BCUT2D eigenvalue weighted by Crippen LogP contribution is -2.25. The molecule has 68 valence electrons. The Balaban J connectivity index is 3.15.